The van der Waals surface area contributed by atoms with Crippen LogP contribution in [0.5, 0.6) is 0 Å². The van der Waals surface area contributed by atoms with Crippen molar-refractivity contribution in [1.82, 2.24) is 29.0 Å². The lowest BCUT2D eigenvalue weighted by molar-refractivity contribution is -0.122. The smallest absolute Gasteiger partial charge is 0.409 e. The normalized spacial score (nSPS) is 13.8. The molecule has 1 aliphatic rings. The van der Waals surface area contributed by atoms with E-state index >= 15 is 0 Å². The number of carbonyl (C=O) groups excluding carboxylic acids is 1. The highest BCUT2D eigenvalue weighted by molar-refractivity contribution is 5.68. The van der Waals surface area contributed by atoms with Crippen molar-refractivity contribution in [2.75, 3.05) is 19.7 Å². The van der Waals surface area contributed by atoms with E-state index in [0.29, 0.717) is 19.7 Å². The van der Waals surface area contributed by atoms with Crippen LogP contribution >= 0.6 is 0 Å². The van der Waals surface area contributed by atoms with Gasteiger partial charge in [0.25, 0.3) is 6.47 Å². The van der Waals surface area contributed by atoms with E-state index in [9.17, 15) is 4.79 Å². The van der Waals surface area contributed by atoms with Gasteiger partial charge in [-0.2, -0.15) is 5.10 Å². The Kier molecular flexibility index (Phi) is 5.42. The standard InChI is InChI=1S/C15H16N6O2.CH2O2/c22-15-20(6-2-10-23-15)9-8-19-7-5-16-14(19)12-3-1-4-13-17-11-18-21(12)13;2-1-3/h1,3-5,7,11H,2,6,8-10H2;1H,(H,2,3). The molecule has 1 N–H and O–H groups in total. The number of rotatable bonds is 4. The van der Waals surface area contributed by atoms with Gasteiger partial charge in [0.2, 0.25) is 0 Å². The molecule has 0 unspecified atom stereocenters. The van der Waals surface area contributed by atoms with Crippen LogP contribution in [-0.2, 0) is 16.1 Å². The maximum Gasteiger partial charge on any atom is 0.409 e. The van der Waals surface area contributed by atoms with Crippen LogP contribution in [-0.4, -0.2) is 66.4 Å². The zero-order valence-corrected chi connectivity index (χ0v) is 13.9. The molecule has 3 aromatic heterocycles. The van der Waals surface area contributed by atoms with Crippen LogP contribution in [0.1, 0.15) is 6.42 Å². The average Bonchev–Trinajstić information content (AvgIpc) is 3.30. The van der Waals surface area contributed by atoms with E-state index in [1.165, 1.54) is 6.33 Å². The lowest BCUT2D eigenvalue weighted by atomic mass is 10.3. The summed E-state index contributed by atoms with van der Waals surface area (Å²) in [6, 6.07) is 5.78. The van der Waals surface area contributed by atoms with Gasteiger partial charge in [0.15, 0.2) is 11.5 Å². The molecule has 26 heavy (non-hydrogen) atoms. The Labute approximate surface area is 148 Å². The van der Waals surface area contributed by atoms with Crippen LogP contribution in [0.25, 0.3) is 17.2 Å². The molecule has 4 heterocycles. The minimum Gasteiger partial charge on any atom is -0.483 e. The molecule has 0 bridgehead atoms. The number of imidazole rings is 1. The lowest BCUT2D eigenvalue weighted by Crippen LogP contribution is -2.39. The molecule has 1 amide bonds. The number of nitrogens with zero attached hydrogens (tertiary/aromatic N) is 6. The van der Waals surface area contributed by atoms with Crippen molar-refractivity contribution >= 4 is 18.2 Å². The van der Waals surface area contributed by atoms with Crippen LogP contribution in [0.4, 0.5) is 4.79 Å². The van der Waals surface area contributed by atoms with Crippen molar-refractivity contribution < 1.29 is 19.4 Å². The summed E-state index contributed by atoms with van der Waals surface area (Å²) in [6.07, 6.45) is 5.81. The van der Waals surface area contributed by atoms with Gasteiger partial charge in [-0.25, -0.2) is 19.3 Å². The number of fused-ring (bicyclic) bond motifs is 1. The third-order valence-corrected chi connectivity index (χ3v) is 3.91. The van der Waals surface area contributed by atoms with Crippen LogP contribution in [0.2, 0.25) is 0 Å². The second kappa shape index (κ2) is 8.10. The highest BCUT2D eigenvalue weighted by Gasteiger charge is 2.19. The summed E-state index contributed by atoms with van der Waals surface area (Å²) in [6.45, 7) is 2.24. The van der Waals surface area contributed by atoms with E-state index in [-0.39, 0.29) is 12.6 Å². The average molecular weight is 358 g/mol. The number of aromatic nitrogens is 5. The van der Waals surface area contributed by atoms with E-state index in [0.717, 1.165) is 30.1 Å². The third-order valence-electron chi connectivity index (χ3n) is 3.91. The first-order valence-electron chi connectivity index (χ1n) is 8.04. The first-order chi connectivity index (χ1) is 12.7. The predicted octanol–water partition coefficient (Wildman–Crippen LogP) is 1.14. The molecule has 0 spiro atoms. The van der Waals surface area contributed by atoms with Crippen molar-refractivity contribution in [3.05, 3.63) is 36.9 Å². The largest absolute Gasteiger partial charge is 0.483 e. The van der Waals surface area contributed by atoms with Gasteiger partial charge in [-0.3, -0.25) is 4.79 Å². The summed E-state index contributed by atoms with van der Waals surface area (Å²) in [5.41, 5.74) is 1.64. The minimum absolute atomic E-state index is 0.240. The molecule has 0 atom stereocenters. The predicted molar refractivity (Wildman–Crippen MR) is 90.4 cm³/mol. The molecule has 10 heteroatoms. The molecule has 0 aliphatic carbocycles. The number of hydrogen-bond donors (Lipinski definition) is 1. The van der Waals surface area contributed by atoms with E-state index in [1.54, 1.807) is 15.6 Å². The SMILES string of the molecule is O=C1OCCCN1CCn1ccnc1-c1cccc2ncnn12.O=CO. The van der Waals surface area contributed by atoms with E-state index in [1.807, 2.05) is 29.0 Å². The summed E-state index contributed by atoms with van der Waals surface area (Å²) in [5.74, 6) is 0.798. The minimum atomic E-state index is -0.250. The van der Waals surface area contributed by atoms with Crippen LogP contribution in [0, 0.1) is 0 Å². The zero-order chi connectivity index (χ0) is 18.4. The molecular weight excluding hydrogens is 340 g/mol. The molecule has 4 rings (SSSR count). The number of amides is 1. The number of hydrogen-bond acceptors (Lipinski definition) is 6. The third kappa shape index (κ3) is 3.63. The molecule has 0 radical (unpaired) electrons. The fraction of sp³-hybridized carbons (Fsp3) is 0.312. The van der Waals surface area contributed by atoms with Gasteiger partial charge in [-0.05, 0) is 18.6 Å². The van der Waals surface area contributed by atoms with Gasteiger partial charge in [0.1, 0.15) is 12.0 Å². The Bertz CT molecular complexity index is 890. The summed E-state index contributed by atoms with van der Waals surface area (Å²) in [7, 11) is 0. The number of pyridine rings is 1. The first-order valence-corrected chi connectivity index (χ1v) is 8.04. The maximum atomic E-state index is 11.7. The molecule has 10 nitrogen and oxygen atoms in total. The molecule has 1 aliphatic heterocycles. The summed E-state index contributed by atoms with van der Waals surface area (Å²) >= 11 is 0. The topological polar surface area (TPSA) is 115 Å². The second-order valence-corrected chi connectivity index (χ2v) is 5.45. The van der Waals surface area contributed by atoms with E-state index in [2.05, 4.69) is 15.1 Å². The molecule has 1 fully saturated rings. The van der Waals surface area contributed by atoms with Gasteiger partial charge >= 0.3 is 6.09 Å². The first kappa shape index (κ1) is 17.4. The zero-order valence-electron chi connectivity index (χ0n) is 13.9. The van der Waals surface area contributed by atoms with Gasteiger partial charge in [0, 0.05) is 32.0 Å². The van der Waals surface area contributed by atoms with Gasteiger partial charge in [-0.1, -0.05) is 6.07 Å². The summed E-state index contributed by atoms with van der Waals surface area (Å²) < 4.78 is 8.83. The van der Waals surface area contributed by atoms with Crippen LogP contribution in [0.15, 0.2) is 36.9 Å². The molecule has 3 aromatic rings. The highest BCUT2D eigenvalue weighted by atomic mass is 16.6. The van der Waals surface area contributed by atoms with Crippen LogP contribution in [0.3, 0.4) is 0 Å². The van der Waals surface area contributed by atoms with Crippen molar-refractivity contribution in [1.29, 1.82) is 0 Å². The molecule has 136 valence electrons. The molecule has 1 saturated heterocycles. The fourth-order valence-electron chi connectivity index (χ4n) is 2.77. The van der Waals surface area contributed by atoms with Gasteiger partial charge in [0.05, 0.1) is 6.61 Å². The molecule has 0 saturated carbocycles. The Balaban J connectivity index is 0.000000613. The second-order valence-electron chi connectivity index (χ2n) is 5.45. The fourth-order valence-corrected chi connectivity index (χ4v) is 2.77. The van der Waals surface area contributed by atoms with Crippen molar-refractivity contribution in [3.8, 4) is 11.5 Å². The van der Waals surface area contributed by atoms with Gasteiger partial charge < -0.3 is 19.3 Å². The Morgan fingerprint density at radius 1 is 1.27 bits per heavy atom. The number of ether oxygens (including phenoxy) is 1. The van der Waals surface area contributed by atoms with E-state index < -0.39 is 0 Å². The highest BCUT2D eigenvalue weighted by Crippen LogP contribution is 2.18. The van der Waals surface area contributed by atoms with Crippen LogP contribution < -0.4 is 0 Å². The number of cyclic esters (lactones) is 1. The van der Waals surface area contributed by atoms with Gasteiger partial charge in [-0.15, -0.1) is 0 Å². The Morgan fingerprint density at radius 2 is 2.12 bits per heavy atom. The van der Waals surface area contributed by atoms with Crippen molar-refractivity contribution in [3.63, 3.8) is 0 Å². The Hall–Kier alpha value is -3.43. The number of carbonyl (C=O) groups is 2. The number of carboxylic acid groups (broad SMARTS) is 1. The van der Waals surface area contributed by atoms with Crippen molar-refractivity contribution in [2.45, 2.75) is 13.0 Å². The van der Waals surface area contributed by atoms with Crippen molar-refractivity contribution in [2.24, 2.45) is 0 Å². The molecular formula is C16H18N6O4. The summed E-state index contributed by atoms with van der Waals surface area (Å²) in [4.78, 5) is 30.4. The quantitative estimate of drug-likeness (QED) is 0.695. The maximum absolute atomic E-state index is 11.7. The lowest BCUT2D eigenvalue weighted by Gasteiger charge is -2.26. The summed E-state index contributed by atoms with van der Waals surface area (Å²) in [5, 5.41) is 11.1. The molecule has 0 aromatic carbocycles. The Morgan fingerprint density at radius 3 is 2.92 bits per heavy atom. The van der Waals surface area contributed by atoms with E-state index in [4.69, 9.17) is 14.6 Å². The monoisotopic (exact) mass is 358 g/mol.